The SMILES string of the molecule is COC1(C)C(O)C(CO)O[C@H]1n1cc(C#Cc2ccccc2)c2c(NC(C)=O)ncnc21. The van der Waals surface area contributed by atoms with Crippen molar-refractivity contribution >= 4 is 22.8 Å². The minimum atomic E-state index is -1.16. The second-order valence-electron chi connectivity index (χ2n) is 7.71. The molecule has 0 radical (unpaired) electrons. The number of carbonyl (C=O) groups excluding carboxylic acids is 1. The van der Waals surface area contributed by atoms with E-state index in [9.17, 15) is 15.0 Å². The number of hydrogen-bond donors (Lipinski definition) is 3. The molecule has 1 amide bonds. The molecule has 3 heterocycles. The van der Waals surface area contributed by atoms with Crippen LogP contribution in [0.25, 0.3) is 11.0 Å². The van der Waals surface area contributed by atoms with Gasteiger partial charge in [-0.15, -0.1) is 0 Å². The van der Waals surface area contributed by atoms with Gasteiger partial charge in [-0.05, 0) is 19.1 Å². The van der Waals surface area contributed by atoms with Gasteiger partial charge in [0.1, 0.15) is 35.6 Å². The van der Waals surface area contributed by atoms with Crippen molar-refractivity contribution in [3.8, 4) is 11.8 Å². The Hall–Kier alpha value is -3.29. The molecule has 0 bridgehead atoms. The van der Waals surface area contributed by atoms with Gasteiger partial charge in [0.15, 0.2) is 6.23 Å². The Labute approximate surface area is 185 Å². The maximum atomic E-state index is 11.8. The van der Waals surface area contributed by atoms with Crippen LogP contribution in [0.1, 0.15) is 31.2 Å². The molecule has 3 N–H and O–H groups in total. The fourth-order valence-corrected chi connectivity index (χ4v) is 3.88. The van der Waals surface area contributed by atoms with Crippen molar-refractivity contribution in [2.75, 3.05) is 19.0 Å². The van der Waals surface area contributed by atoms with E-state index in [2.05, 4.69) is 27.1 Å². The summed E-state index contributed by atoms with van der Waals surface area (Å²) in [5, 5.41) is 23.6. The average Bonchev–Trinajstić information content (AvgIpc) is 3.28. The van der Waals surface area contributed by atoms with Crippen LogP contribution in [0.4, 0.5) is 5.82 Å². The highest BCUT2D eigenvalue weighted by atomic mass is 16.6. The second kappa shape index (κ2) is 8.68. The van der Waals surface area contributed by atoms with Gasteiger partial charge < -0.3 is 29.6 Å². The highest BCUT2D eigenvalue weighted by Crippen LogP contribution is 2.43. The normalized spacial score (nSPS) is 24.8. The van der Waals surface area contributed by atoms with Gasteiger partial charge in [-0.2, -0.15) is 0 Å². The number of methoxy groups -OCH3 is 1. The summed E-state index contributed by atoms with van der Waals surface area (Å²) in [5.41, 5.74) is 0.668. The van der Waals surface area contributed by atoms with Crippen LogP contribution in [-0.4, -0.2) is 62.2 Å². The van der Waals surface area contributed by atoms with Crippen LogP contribution in [0.5, 0.6) is 0 Å². The molecular formula is C23H24N4O5. The molecule has 4 atom stereocenters. The van der Waals surface area contributed by atoms with E-state index >= 15 is 0 Å². The topological polar surface area (TPSA) is 119 Å². The smallest absolute Gasteiger partial charge is 0.222 e. The number of hydrogen-bond acceptors (Lipinski definition) is 7. The highest BCUT2D eigenvalue weighted by molar-refractivity contribution is 6.00. The third kappa shape index (κ3) is 3.74. The molecule has 9 nitrogen and oxygen atoms in total. The van der Waals surface area contributed by atoms with Gasteiger partial charge >= 0.3 is 0 Å². The second-order valence-corrected chi connectivity index (χ2v) is 7.71. The maximum absolute atomic E-state index is 11.8. The summed E-state index contributed by atoms with van der Waals surface area (Å²) in [6.07, 6.45) is 0.343. The van der Waals surface area contributed by atoms with Gasteiger partial charge in [0.25, 0.3) is 0 Å². The summed E-state index contributed by atoms with van der Waals surface area (Å²) in [6, 6.07) is 9.48. The third-order valence-corrected chi connectivity index (χ3v) is 5.62. The first-order valence-corrected chi connectivity index (χ1v) is 10.1. The van der Waals surface area contributed by atoms with Gasteiger partial charge in [0.2, 0.25) is 5.91 Å². The van der Waals surface area contributed by atoms with Gasteiger partial charge in [-0.3, -0.25) is 4.79 Å². The molecule has 1 saturated heterocycles. The van der Waals surface area contributed by atoms with E-state index in [0.29, 0.717) is 22.4 Å². The number of benzene rings is 1. The van der Waals surface area contributed by atoms with Crippen LogP contribution >= 0.6 is 0 Å². The van der Waals surface area contributed by atoms with Crippen LogP contribution < -0.4 is 5.32 Å². The van der Waals surface area contributed by atoms with Crippen LogP contribution in [0, 0.1) is 11.8 Å². The molecule has 2 aromatic heterocycles. The van der Waals surface area contributed by atoms with Gasteiger partial charge in [-0.1, -0.05) is 30.0 Å². The summed E-state index contributed by atoms with van der Waals surface area (Å²) in [4.78, 5) is 20.4. The molecule has 1 aromatic carbocycles. The zero-order valence-electron chi connectivity index (χ0n) is 17.9. The number of amides is 1. The van der Waals surface area contributed by atoms with E-state index < -0.39 is 24.0 Å². The molecule has 3 unspecified atom stereocenters. The van der Waals surface area contributed by atoms with Crippen molar-refractivity contribution in [3.05, 3.63) is 54.0 Å². The molecule has 1 aliphatic rings. The van der Waals surface area contributed by atoms with Gasteiger partial charge in [-0.25, -0.2) is 9.97 Å². The molecule has 0 saturated carbocycles. The van der Waals surface area contributed by atoms with Crippen LogP contribution in [0.3, 0.4) is 0 Å². The van der Waals surface area contributed by atoms with Crippen LogP contribution in [-0.2, 0) is 14.3 Å². The zero-order chi connectivity index (χ0) is 22.9. The number of carbonyl (C=O) groups is 1. The molecule has 9 heteroatoms. The number of aliphatic hydroxyl groups is 2. The fourth-order valence-electron chi connectivity index (χ4n) is 3.88. The summed E-state index contributed by atoms with van der Waals surface area (Å²) >= 11 is 0. The lowest BCUT2D eigenvalue weighted by molar-refractivity contribution is -0.118. The molecule has 4 rings (SSSR count). The Kier molecular flexibility index (Phi) is 5.95. The Morgan fingerprint density at radius 1 is 1.31 bits per heavy atom. The summed E-state index contributed by atoms with van der Waals surface area (Å²) < 4.78 is 13.3. The Morgan fingerprint density at radius 2 is 2.06 bits per heavy atom. The molecule has 1 fully saturated rings. The first kappa shape index (κ1) is 21.9. The highest BCUT2D eigenvalue weighted by Gasteiger charge is 2.54. The number of anilines is 1. The quantitative estimate of drug-likeness (QED) is 0.530. The number of nitrogens with zero attached hydrogens (tertiary/aromatic N) is 3. The monoisotopic (exact) mass is 436 g/mol. The number of aliphatic hydroxyl groups excluding tert-OH is 2. The predicted molar refractivity (Wildman–Crippen MR) is 117 cm³/mol. The molecule has 166 valence electrons. The number of nitrogens with one attached hydrogen (secondary N) is 1. The van der Waals surface area contributed by atoms with Gasteiger partial charge in [0, 0.05) is 25.8 Å². The lowest BCUT2D eigenvalue weighted by Gasteiger charge is -2.31. The standard InChI is InChI=1S/C23H24N4O5/c1-14(29)26-20-18-16(10-9-15-7-5-4-6-8-15)11-27(21(18)25-13-24-20)22-23(2,31-3)19(30)17(12-28)32-22/h4-8,11,13,17,19,22,28,30H,12H2,1-3H3,(H,24,25,26,29)/t17?,19?,22-,23?/m1/s1. The first-order valence-electron chi connectivity index (χ1n) is 10.1. The number of aromatic nitrogens is 3. The molecule has 3 aromatic rings. The number of rotatable bonds is 4. The van der Waals surface area contributed by atoms with Crippen molar-refractivity contribution in [3.63, 3.8) is 0 Å². The Morgan fingerprint density at radius 3 is 2.72 bits per heavy atom. The van der Waals surface area contributed by atoms with Crippen molar-refractivity contribution in [2.24, 2.45) is 0 Å². The molecular weight excluding hydrogens is 412 g/mol. The van der Waals surface area contributed by atoms with E-state index in [-0.39, 0.29) is 12.5 Å². The van der Waals surface area contributed by atoms with Crippen molar-refractivity contribution in [1.82, 2.24) is 14.5 Å². The minimum Gasteiger partial charge on any atom is -0.394 e. The van der Waals surface area contributed by atoms with Crippen LogP contribution in [0.2, 0.25) is 0 Å². The zero-order valence-corrected chi connectivity index (χ0v) is 17.9. The van der Waals surface area contributed by atoms with Crippen LogP contribution in [0.15, 0.2) is 42.9 Å². The van der Waals surface area contributed by atoms with E-state index in [1.807, 2.05) is 30.3 Å². The first-order chi connectivity index (χ1) is 15.4. The molecule has 32 heavy (non-hydrogen) atoms. The van der Waals surface area contributed by atoms with Crippen molar-refractivity contribution in [2.45, 2.75) is 37.9 Å². The average molecular weight is 436 g/mol. The van der Waals surface area contributed by atoms with Gasteiger partial charge in [0.05, 0.1) is 17.6 Å². The molecule has 1 aliphatic heterocycles. The van der Waals surface area contributed by atoms with E-state index in [1.165, 1.54) is 20.4 Å². The lowest BCUT2D eigenvalue weighted by Crippen LogP contribution is -2.46. The number of fused-ring (bicyclic) bond motifs is 1. The van der Waals surface area contributed by atoms with Crippen molar-refractivity contribution < 1.29 is 24.5 Å². The largest absolute Gasteiger partial charge is 0.394 e. The fraction of sp³-hybridized carbons (Fsp3) is 0.348. The lowest BCUT2D eigenvalue weighted by atomic mass is 9.96. The van der Waals surface area contributed by atoms with E-state index in [4.69, 9.17) is 9.47 Å². The van der Waals surface area contributed by atoms with E-state index in [1.54, 1.807) is 17.7 Å². The van der Waals surface area contributed by atoms with E-state index in [0.717, 1.165) is 5.56 Å². The predicted octanol–water partition coefficient (Wildman–Crippen LogP) is 1.45. The molecule has 0 spiro atoms. The third-order valence-electron chi connectivity index (χ3n) is 5.62. The Balaban J connectivity index is 1.91. The summed E-state index contributed by atoms with van der Waals surface area (Å²) in [7, 11) is 1.47. The molecule has 0 aliphatic carbocycles. The maximum Gasteiger partial charge on any atom is 0.222 e. The van der Waals surface area contributed by atoms with Crippen molar-refractivity contribution in [1.29, 1.82) is 0 Å². The Bertz CT molecular complexity index is 1200. The summed E-state index contributed by atoms with van der Waals surface area (Å²) in [6.45, 7) is 2.72. The number of ether oxygens (including phenoxy) is 2. The summed E-state index contributed by atoms with van der Waals surface area (Å²) in [5.74, 6) is 6.27. The minimum absolute atomic E-state index is 0.283.